The lowest BCUT2D eigenvalue weighted by Gasteiger charge is -2.22. The first kappa shape index (κ1) is 21.3. The zero-order valence-corrected chi connectivity index (χ0v) is 17.8. The van der Waals surface area contributed by atoms with E-state index in [-0.39, 0.29) is 24.0 Å². The van der Waals surface area contributed by atoms with Crippen molar-refractivity contribution < 1.29 is 19.1 Å². The average Bonchev–Trinajstić information content (AvgIpc) is 2.98. The summed E-state index contributed by atoms with van der Waals surface area (Å²) in [6, 6.07) is 21.4. The van der Waals surface area contributed by atoms with Crippen LogP contribution in [0, 0.1) is 0 Å². The molecule has 32 heavy (non-hydrogen) atoms. The molecule has 0 radical (unpaired) electrons. The van der Waals surface area contributed by atoms with E-state index < -0.39 is 0 Å². The van der Waals surface area contributed by atoms with E-state index in [2.05, 4.69) is 5.32 Å². The van der Waals surface area contributed by atoms with Crippen LogP contribution in [0.5, 0.6) is 5.75 Å². The third-order valence-electron chi connectivity index (χ3n) is 5.49. The van der Waals surface area contributed by atoms with Gasteiger partial charge in [0.15, 0.2) is 5.78 Å². The van der Waals surface area contributed by atoms with Crippen LogP contribution in [0.3, 0.4) is 0 Å². The third kappa shape index (κ3) is 4.54. The van der Waals surface area contributed by atoms with Gasteiger partial charge in [0, 0.05) is 35.3 Å². The molecule has 4 rings (SSSR count). The summed E-state index contributed by atoms with van der Waals surface area (Å²) in [4.78, 5) is 39.6. The summed E-state index contributed by atoms with van der Waals surface area (Å²) >= 11 is 0. The van der Waals surface area contributed by atoms with E-state index in [9.17, 15) is 14.4 Å². The first-order valence-electron chi connectivity index (χ1n) is 10.5. The highest BCUT2D eigenvalue weighted by Gasteiger charge is 2.25. The molecule has 1 aliphatic rings. The minimum Gasteiger partial charge on any atom is -0.496 e. The van der Waals surface area contributed by atoms with Gasteiger partial charge in [-0.25, -0.2) is 0 Å². The first-order valence-corrected chi connectivity index (χ1v) is 10.5. The zero-order chi connectivity index (χ0) is 22.5. The SMILES string of the molecule is COc1ccccc1CC(=O)Nc1ccc(C(=O)N2CCCC(=O)c3ccccc32)cc1. The van der Waals surface area contributed by atoms with Crippen molar-refractivity contribution >= 4 is 29.0 Å². The maximum absolute atomic E-state index is 13.2. The molecule has 1 heterocycles. The Morgan fingerprint density at radius 2 is 1.69 bits per heavy atom. The Bertz CT molecular complexity index is 1150. The standard InChI is InChI=1S/C26H24N2O4/c1-32-24-11-5-2-7-19(24)17-25(30)27-20-14-12-18(13-15-20)26(31)28-16-6-10-23(29)21-8-3-4-9-22(21)28/h2-5,7-9,11-15H,6,10,16-17H2,1H3,(H,27,30). The maximum atomic E-state index is 13.2. The number of methoxy groups -OCH3 is 1. The number of nitrogens with one attached hydrogen (secondary N) is 1. The second kappa shape index (κ2) is 9.47. The zero-order valence-electron chi connectivity index (χ0n) is 17.8. The number of carbonyl (C=O) groups excluding carboxylic acids is 3. The van der Waals surface area contributed by atoms with Crippen LogP contribution >= 0.6 is 0 Å². The predicted molar refractivity (Wildman–Crippen MR) is 123 cm³/mol. The number of rotatable bonds is 5. The number of ether oxygens (including phenoxy) is 1. The van der Waals surface area contributed by atoms with Gasteiger partial charge in [0.25, 0.3) is 5.91 Å². The van der Waals surface area contributed by atoms with Crippen LogP contribution in [0.25, 0.3) is 0 Å². The summed E-state index contributed by atoms with van der Waals surface area (Å²) in [5.41, 5.74) is 3.13. The number of Topliss-reactive ketones (excluding diaryl/α,β-unsaturated/α-hetero) is 1. The fraction of sp³-hybridized carbons (Fsp3) is 0.192. The molecule has 0 unspecified atom stereocenters. The van der Waals surface area contributed by atoms with Crippen molar-refractivity contribution in [1.82, 2.24) is 0 Å². The minimum absolute atomic E-state index is 0.0593. The van der Waals surface area contributed by atoms with Gasteiger partial charge in [0.1, 0.15) is 5.75 Å². The van der Waals surface area contributed by atoms with E-state index in [1.807, 2.05) is 42.5 Å². The summed E-state index contributed by atoms with van der Waals surface area (Å²) in [7, 11) is 1.57. The summed E-state index contributed by atoms with van der Waals surface area (Å²) in [6.07, 6.45) is 1.23. The summed E-state index contributed by atoms with van der Waals surface area (Å²) < 4.78 is 5.29. The Hall–Kier alpha value is -3.93. The van der Waals surface area contributed by atoms with Crippen LogP contribution in [0.15, 0.2) is 72.8 Å². The maximum Gasteiger partial charge on any atom is 0.258 e. The molecule has 1 aliphatic heterocycles. The Balaban J connectivity index is 1.47. The predicted octanol–water partition coefficient (Wildman–Crippen LogP) is 4.50. The van der Waals surface area contributed by atoms with E-state index in [0.717, 1.165) is 5.56 Å². The molecule has 0 saturated heterocycles. The van der Waals surface area contributed by atoms with E-state index in [4.69, 9.17) is 4.74 Å². The Morgan fingerprint density at radius 1 is 0.969 bits per heavy atom. The number of fused-ring (bicyclic) bond motifs is 1. The van der Waals surface area contributed by atoms with E-state index >= 15 is 0 Å². The molecule has 0 aliphatic carbocycles. The second-order valence-electron chi connectivity index (χ2n) is 7.61. The Morgan fingerprint density at radius 3 is 2.47 bits per heavy atom. The number of para-hydroxylation sites is 2. The minimum atomic E-state index is -0.173. The molecule has 1 N–H and O–H groups in total. The number of hydrogen-bond donors (Lipinski definition) is 1. The molecule has 3 aromatic rings. The number of amides is 2. The van der Waals surface area contributed by atoms with Gasteiger partial charge in [0.05, 0.1) is 19.2 Å². The lowest BCUT2D eigenvalue weighted by atomic mass is 10.1. The van der Waals surface area contributed by atoms with Crippen molar-refractivity contribution in [3.63, 3.8) is 0 Å². The molecule has 162 valence electrons. The molecule has 3 aromatic carbocycles. The van der Waals surface area contributed by atoms with E-state index in [0.29, 0.717) is 47.6 Å². The van der Waals surface area contributed by atoms with Gasteiger partial charge in [-0.2, -0.15) is 0 Å². The highest BCUT2D eigenvalue weighted by molar-refractivity contribution is 6.11. The lowest BCUT2D eigenvalue weighted by molar-refractivity contribution is -0.115. The lowest BCUT2D eigenvalue weighted by Crippen LogP contribution is -2.31. The van der Waals surface area contributed by atoms with Crippen molar-refractivity contribution in [3.05, 3.63) is 89.5 Å². The van der Waals surface area contributed by atoms with Crippen LogP contribution < -0.4 is 15.0 Å². The van der Waals surface area contributed by atoms with Crippen molar-refractivity contribution in [2.45, 2.75) is 19.3 Å². The summed E-state index contributed by atoms with van der Waals surface area (Å²) in [5, 5.41) is 2.85. The number of anilines is 2. The van der Waals surface area contributed by atoms with Crippen molar-refractivity contribution in [2.75, 3.05) is 23.9 Å². The Kier molecular flexibility index (Phi) is 6.31. The number of ketones is 1. The first-order chi connectivity index (χ1) is 15.6. The quantitative estimate of drug-likeness (QED) is 0.649. The van der Waals surface area contributed by atoms with Crippen LogP contribution in [-0.4, -0.2) is 31.3 Å². The molecule has 0 saturated carbocycles. The topological polar surface area (TPSA) is 75.7 Å². The Labute approximate surface area is 186 Å². The fourth-order valence-electron chi connectivity index (χ4n) is 3.89. The highest BCUT2D eigenvalue weighted by atomic mass is 16.5. The molecule has 0 bridgehead atoms. The van der Waals surface area contributed by atoms with Gasteiger partial charge in [-0.05, 0) is 48.9 Å². The van der Waals surface area contributed by atoms with Crippen molar-refractivity contribution in [2.24, 2.45) is 0 Å². The van der Waals surface area contributed by atoms with Crippen molar-refractivity contribution in [3.8, 4) is 5.75 Å². The molecule has 6 heteroatoms. The van der Waals surface area contributed by atoms with Gasteiger partial charge < -0.3 is 15.0 Å². The van der Waals surface area contributed by atoms with Gasteiger partial charge in [-0.3, -0.25) is 14.4 Å². The smallest absolute Gasteiger partial charge is 0.258 e. The molecular weight excluding hydrogens is 404 g/mol. The summed E-state index contributed by atoms with van der Waals surface area (Å²) in [5.74, 6) is 0.386. The van der Waals surface area contributed by atoms with Crippen LogP contribution in [0.4, 0.5) is 11.4 Å². The third-order valence-corrected chi connectivity index (χ3v) is 5.49. The van der Waals surface area contributed by atoms with Crippen molar-refractivity contribution in [1.29, 1.82) is 0 Å². The van der Waals surface area contributed by atoms with Crippen LogP contribution in [0.1, 0.15) is 39.1 Å². The number of hydrogen-bond acceptors (Lipinski definition) is 4. The number of benzene rings is 3. The highest BCUT2D eigenvalue weighted by Crippen LogP contribution is 2.28. The van der Waals surface area contributed by atoms with Crippen LogP contribution in [0.2, 0.25) is 0 Å². The van der Waals surface area contributed by atoms with Gasteiger partial charge in [0.2, 0.25) is 5.91 Å². The molecular formula is C26H24N2O4. The van der Waals surface area contributed by atoms with E-state index in [1.165, 1.54) is 0 Å². The molecule has 0 spiro atoms. The van der Waals surface area contributed by atoms with Gasteiger partial charge in [-0.15, -0.1) is 0 Å². The molecule has 0 atom stereocenters. The monoisotopic (exact) mass is 428 g/mol. The van der Waals surface area contributed by atoms with Gasteiger partial charge in [-0.1, -0.05) is 30.3 Å². The molecule has 0 aromatic heterocycles. The molecule has 6 nitrogen and oxygen atoms in total. The summed E-state index contributed by atoms with van der Waals surface area (Å²) in [6.45, 7) is 0.485. The number of nitrogens with zero attached hydrogens (tertiary/aromatic N) is 1. The normalized spacial score (nSPS) is 13.2. The average molecular weight is 428 g/mol. The second-order valence-corrected chi connectivity index (χ2v) is 7.61. The molecule has 0 fully saturated rings. The largest absolute Gasteiger partial charge is 0.496 e. The molecule has 2 amide bonds. The fourth-order valence-corrected chi connectivity index (χ4v) is 3.89. The van der Waals surface area contributed by atoms with Gasteiger partial charge >= 0.3 is 0 Å². The van der Waals surface area contributed by atoms with E-state index in [1.54, 1.807) is 42.3 Å². The number of carbonyl (C=O) groups is 3. The van der Waals surface area contributed by atoms with Crippen LogP contribution in [-0.2, 0) is 11.2 Å².